The Labute approximate surface area is 131 Å². The maximum absolute atomic E-state index is 12.8. The third-order valence-electron chi connectivity index (χ3n) is 4.10. The number of carbonyl (C=O) groups excluding carboxylic acids is 1. The van der Waals surface area contributed by atoms with E-state index in [1.54, 1.807) is 12.1 Å². The molecule has 1 heterocycles. The van der Waals surface area contributed by atoms with E-state index < -0.39 is 0 Å². The van der Waals surface area contributed by atoms with Crippen LogP contribution in [0.3, 0.4) is 0 Å². The number of hydrogen-bond acceptors (Lipinski definition) is 3. The monoisotopic (exact) mass is 308 g/mol. The van der Waals surface area contributed by atoms with Crippen LogP contribution in [0.15, 0.2) is 24.3 Å². The molecule has 122 valence electrons. The Morgan fingerprint density at radius 3 is 2.59 bits per heavy atom. The summed E-state index contributed by atoms with van der Waals surface area (Å²) in [6.45, 7) is 5.54. The lowest BCUT2D eigenvalue weighted by atomic mass is 9.99. The van der Waals surface area contributed by atoms with E-state index in [0.717, 1.165) is 31.8 Å². The van der Waals surface area contributed by atoms with E-state index in [2.05, 4.69) is 6.92 Å². The number of nitrogens with zero attached hydrogens (tertiary/aromatic N) is 2. The molecule has 0 aromatic heterocycles. The molecule has 1 aromatic rings. The molecule has 1 aliphatic rings. The van der Waals surface area contributed by atoms with Crippen LogP contribution >= 0.6 is 0 Å². The molecule has 0 atom stereocenters. The second-order valence-electron chi connectivity index (χ2n) is 6.10. The van der Waals surface area contributed by atoms with Crippen molar-refractivity contribution < 1.29 is 13.9 Å². The molecule has 0 spiro atoms. The smallest absolute Gasteiger partial charge is 0.236 e. The Kier molecular flexibility index (Phi) is 6.19. The number of halogens is 1. The average molecular weight is 308 g/mol. The zero-order valence-corrected chi connectivity index (χ0v) is 13.4. The summed E-state index contributed by atoms with van der Waals surface area (Å²) in [5.74, 6) is 1.29. The Bertz CT molecular complexity index is 470. The molecule has 1 saturated heterocycles. The van der Waals surface area contributed by atoms with Gasteiger partial charge in [0, 0.05) is 19.6 Å². The maximum atomic E-state index is 12.8. The molecule has 0 aliphatic carbocycles. The van der Waals surface area contributed by atoms with Gasteiger partial charge in [-0.15, -0.1) is 0 Å². The van der Waals surface area contributed by atoms with Gasteiger partial charge in [-0.05, 0) is 50.1 Å². The first kappa shape index (κ1) is 16.7. The largest absolute Gasteiger partial charge is 0.492 e. The summed E-state index contributed by atoms with van der Waals surface area (Å²) in [6, 6.07) is 5.96. The van der Waals surface area contributed by atoms with Crippen LogP contribution in [0.5, 0.6) is 5.75 Å². The average Bonchev–Trinajstić information content (AvgIpc) is 2.50. The van der Waals surface area contributed by atoms with Crippen LogP contribution in [0.2, 0.25) is 0 Å². The highest BCUT2D eigenvalue weighted by Crippen LogP contribution is 2.16. The third-order valence-corrected chi connectivity index (χ3v) is 4.10. The fraction of sp³-hybridized carbons (Fsp3) is 0.588. The van der Waals surface area contributed by atoms with Gasteiger partial charge in [0.05, 0.1) is 6.54 Å². The molecule has 0 saturated carbocycles. The Balaban J connectivity index is 1.65. The van der Waals surface area contributed by atoms with Crippen LogP contribution in [0.1, 0.15) is 19.8 Å². The van der Waals surface area contributed by atoms with Crippen molar-refractivity contribution in [2.75, 3.05) is 39.8 Å². The number of likely N-dealkylation sites (N-methyl/N-ethyl adjacent to an activating group) is 1. The van der Waals surface area contributed by atoms with Gasteiger partial charge < -0.3 is 9.64 Å². The molecule has 5 heteroatoms. The van der Waals surface area contributed by atoms with Crippen molar-refractivity contribution in [3.8, 4) is 5.75 Å². The molecule has 22 heavy (non-hydrogen) atoms. The van der Waals surface area contributed by atoms with E-state index in [4.69, 9.17) is 4.74 Å². The van der Waals surface area contributed by atoms with Crippen molar-refractivity contribution in [1.29, 1.82) is 0 Å². The summed E-state index contributed by atoms with van der Waals surface area (Å²) in [5.41, 5.74) is 0. The van der Waals surface area contributed by atoms with Gasteiger partial charge in [-0.25, -0.2) is 4.39 Å². The Hall–Kier alpha value is -1.62. The van der Waals surface area contributed by atoms with Crippen molar-refractivity contribution in [1.82, 2.24) is 9.80 Å². The molecule has 1 aliphatic heterocycles. The lowest BCUT2D eigenvalue weighted by molar-refractivity contribution is -0.133. The van der Waals surface area contributed by atoms with Crippen LogP contribution in [0, 0.1) is 11.7 Å². The highest BCUT2D eigenvalue weighted by atomic mass is 19.1. The number of likely N-dealkylation sites (tertiary alicyclic amines) is 1. The summed E-state index contributed by atoms with van der Waals surface area (Å²) in [5, 5.41) is 0. The summed E-state index contributed by atoms with van der Waals surface area (Å²) in [4.78, 5) is 16.1. The molecule has 0 radical (unpaired) electrons. The summed E-state index contributed by atoms with van der Waals surface area (Å²) in [7, 11) is 1.92. The van der Waals surface area contributed by atoms with E-state index in [1.165, 1.54) is 12.1 Å². The van der Waals surface area contributed by atoms with Crippen LogP contribution in [-0.2, 0) is 4.79 Å². The van der Waals surface area contributed by atoms with Gasteiger partial charge in [0.25, 0.3) is 0 Å². The van der Waals surface area contributed by atoms with Gasteiger partial charge in [0.15, 0.2) is 0 Å². The number of rotatable bonds is 6. The van der Waals surface area contributed by atoms with Gasteiger partial charge in [0.2, 0.25) is 5.91 Å². The molecule has 2 rings (SSSR count). The fourth-order valence-electron chi connectivity index (χ4n) is 2.52. The maximum Gasteiger partial charge on any atom is 0.236 e. The molecule has 4 nitrogen and oxygen atoms in total. The molecular weight excluding hydrogens is 283 g/mol. The number of hydrogen-bond donors (Lipinski definition) is 0. The normalized spacial score (nSPS) is 16.1. The predicted molar refractivity (Wildman–Crippen MR) is 84.4 cm³/mol. The molecule has 1 aromatic carbocycles. The van der Waals surface area contributed by atoms with E-state index in [1.807, 2.05) is 16.8 Å². The van der Waals surface area contributed by atoms with Crippen LogP contribution < -0.4 is 4.74 Å². The first-order valence-electron chi connectivity index (χ1n) is 7.89. The van der Waals surface area contributed by atoms with Crippen molar-refractivity contribution in [2.45, 2.75) is 19.8 Å². The zero-order valence-electron chi connectivity index (χ0n) is 13.4. The predicted octanol–water partition coefficient (Wildman–Crippen LogP) is 2.39. The second kappa shape index (κ2) is 8.13. The van der Waals surface area contributed by atoms with E-state index in [0.29, 0.717) is 25.4 Å². The topological polar surface area (TPSA) is 32.8 Å². The van der Waals surface area contributed by atoms with Crippen LogP contribution in [0.4, 0.5) is 4.39 Å². The fourth-order valence-corrected chi connectivity index (χ4v) is 2.52. The first-order valence-corrected chi connectivity index (χ1v) is 7.89. The SMILES string of the molecule is CC1CCN(C(=O)CN(C)CCOc2ccc(F)cc2)CC1. The van der Waals surface area contributed by atoms with Crippen LogP contribution in [-0.4, -0.2) is 55.5 Å². The molecule has 1 fully saturated rings. The van der Waals surface area contributed by atoms with Crippen molar-refractivity contribution in [3.05, 3.63) is 30.1 Å². The lowest BCUT2D eigenvalue weighted by Crippen LogP contribution is -2.43. The number of piperidine rings is 1. The summed E-state index contributed by atoms with van der Waals surface area (Å²) in [6.07, 6.45) is 2.20. The van der Waals surface area contributed by atoms with Gasteiger partial charge in [-0.3, -0.25) is 9.69 Å². The van der Waals surface area contributed by atoms with E-state index in [-0.39, 0.29) is 11.7 Å². The van der Waals surface area contributed by atoms with Gasteiger partial charge in [-0.1, -0.05) is 6.92 Å². The standard InChI is InChI=1S/C17H25FN2O2/c1-14-7-9-20(10-8-14)17(21)13-19(2)11-12-22-16-5-3-15(18)4-6-16/h3-6,14H,7-13H2,1-2H3. The highest BCUT2D eigenvalue weighted by molar-refractivity contribution is 5.78. The highest BCUT2D eigenvalue weighted by Gasteiger charge is 2.20. The Morgan fingerprint density at radius 1 is 1.32 bits per heavy atom. The van der Waals surface area contributed by atoms with Crippen LogP contribution in [0.25, 0.3) is 0 Å². The van der Waals surface area contributed by atoms with Gasteiger partial charge >= 0.3 is 0 Å². The van der Waals surface area contributed by atoms with E-state index in [9.17, 15) is 9.18 Å². The molecule has 0 N–H and O–H groups in total. The number of benzene rings is 1. The van der Waals surface area contributed by atoms with Crippen molar-refractivity contribution >= 4 is 5.91 Å². The number of ether oxygens (including phenoxy) is 1. The number of carbonyl (C=O) groups is 1. The summed E-state index contributed by atoms with van der Waals surface area (Å²) < 4.78 is 18.3. The molecule has 0 bridgehead atoms. The summed E-state index contributed by atoms with van der Waals surface area (Å²) >= 11 is 0. The minimum atomic E-state index is -0.272. The Morgan fingerprint density at radius 2 is 1.95 bits per heavy atom. The number of amides is 1. The van der Waals surface area contributed by atoms with E-state index >= 15 is 0 Å². The zero-order chi connectivity index (χ0) is 15.9. The van der Waals surface area contributed by atoms with Crippen molar-refractivity contribution in [2.24, 2.45) is 5.92 Å². The molecule has 1 amide bonds. The molecular formula is C17H25FN2O2. The molecule has 0 unspecified atom stereocenters. The van der Waals surface area contributed by atoms with Gasteiger partial charge in [0.1, 0.15) is 18.2 Å². The van der Waals surface area contributed by atoms with Gasteiger partial charge in [-0.2, -0.15) is 0 Å². The minimum absolute atomic E-state index is 0.191. The minimum Gasteiger partial charge on any atom is -0.492 e. The third kappa shape index (κ3) is 5.30. The van der Waals surface area contributed by atoms with Crippen molar-refractivity contribution in [3.63, 3.8) is 0 Å². The lowest BCUT2D eigenvalue weighted by Gasteiger charge is -2.31. The second-order valence-corrected chi connectivity index (χ2v) is 6.10. The quantitative estimate of drug-likeness (QED) is 0.809. The first-order chi connectivity index (χ1) is 10.5.